The van der Waals surface area contributed by atoms with Crippen molar-refractivity contribution in [3.05, 3.63) is 69.2 Å². The molecule has 0 heterocycles. The number of amides is 1. The van der Waals surface area contributed by atoms with Crippen LogP contribution >= 0.6 is 11.6 Å². The molecule has 0 atom stereocenters. The lowest BCUT2D eigenvalue weighted by molar-refractivity contribution is -0.385. The fourth-order valence-corrected chi connectivity index (χ4v) is 1.87. The maximum Gasteiger partial charge on any atom is 0.345 e. The highest BCUT2D eigenvalue weighted by Gasteiger charge is 2.21. The van der Waals surface area contributed by atoms with Crippen LogP contribution in [0.1, 0.15) is 10.4 Å². The van der Waals surface area contributed by atoms with Gasteiger partial charge < -0.3 is 10.1 Å². The Kier molecular flexibility index (Phi) is 5.27. The lowest BCUT2D eigenvalue weighted by Gasteiger charge is -2.07. The number of para-hydroxylation sites is 1. The molecule has 2 aromatic rings. The Morgan fingerprint density at radius 2 is 1.78 bits per heavy atom. The summed E-state index contributed by atoms with van der Waals surface area (Å²) in [5.74, 6) is -1.51. The summed E-state index contributed by atoms with van der Waals surface area (Å²) in [6, 6.07) is 11.7. The van der Waals surface area contributed by atoms with E-state index in [2.05, 4.69) is 5.32 Å². The van der Waals surface area contributed by atoms with Crippen molar-refractivity contribution < 1.29 is 19.2 Å². The van der Waals surface area contributed by atoms with Crippen LogP contribution < -0.4 is 5.32 Å². The normalized spacial score (nSPS) is 9.96. The molecule has 0 fully saturated rings. The Bertz CT molecular complexity index is 746. The maximum atomic E-state index is 11.8. The summed E-state index contributed by atoms with van der Waals surface area (Å²) in [6.07, 6.45) is 0. The SMILES string of the molecule is O=C(COC(=O)c1ccccc1[N+](=O)[O-])Nc1ccc(Cl)cc1. The van der Waals surface area contributed by atoms with Crippen molar-refractivity contribution in [2.24, 2.45) is 0 Å². The first-order chi connectivity index (χ1) is 11.0. The van der Waals surface area contributed by atoms with E-state index in [9.17, 15) is 19.7 Å². The van der Waals surface area contributed by atoms with E-state index in [1.165, 1.54) is 24.3 Å². The molecular formula is C15H11ClN2O5. The van der Waals surface area contributed by atoms with Gasteiger partial charge in [-0.1, -0.05) is 23.7 Å². The van der Waals surface area contributed by atoms with Gasteiger partial charge in [-0.3, -0.25) is 14.9 Å². The van der Waals surface area contributed by atoms with Crippen LogP contribution in [0.3, 0.4) is 0 Å². The van der Waals surface area contributed by atoms with Gasteiger partial charge in [-0.25, -0.2) is 4.79 Å². The molecule has 0 saturated carbocycles. The second-order valence-electron chi connectivity index (χ2n) is 4.41. The Balaban J connectivity index is 1.95. The summed E-state index contributed by atoms with van der Waals surface area (Å²) in [5, 5.41) is 13.9. The average molecular weight is 335 g/mol. The monoisotopic (exact) mass is 334 g/mol. The summed E-state index contributed by atoms with van der Waals surface area (Å²) in [4.78, 5) is 33.7. The molecule has 0 unspecified atom stereocenters. The van der Waals surface area contributed by atoms with Crippen molar-refractivity contribution in [2.75, 3.05) is 11.9 Å². The Labute approximate surface area is 136 Å². The van der Waals surface area contributed by atoms with Gasteiger partial charge in [0.25, 0.3) is 11.6 Å². The van der Waals surface area contributed by atoms with Gasteiger partial charge in [0.1, 0.15) is 5.56 Å². The van der Waals surface area contributed by atoms with Crippen molar-refractivity contribution in [1.82, 2.24) is 0 Å². The smallest absolute Gasteiger partial charge is 0.345 e. The lowest BCUT2D eigenvalue weighted by Crippen LogP contribution is -2.21. The van der Waals surface area contributed by atoms with Gasteiger partial charge in [0, 0.05) is 16.8 Å². The molecule has 0 spiro atoms. The Hall–Kier alpha value is -2.93. The van der Waals surface area contributed by atoms with Crippen molar-refractivity contribution in [1.29, 1.82) is 0 Å². The molecule has 2 aromatic carbocycles. The highest BCUT2D eigenvalue weighted by molar-refractivity contribution is 6.30. The third kappa shape index (κ3) is 4.52. The van der Waals surface area contributed by atoms with Crippen LogP contribution in [-0.4, -0.2) is 23.4 Å². The van der Waals surface area contributed by atoms with Gasteiger partial charge in [-0.05, 0) is 30.3 Å². The summed E-state index contributed by atoms with van der Waals surface area (Å²) >= 11 is 5.72. The number of halogens is 1. The van der Waals surface area contributed by atoms with Gasteiger partial charge in [0.2, 0.25) is 0 Å². The van der Waals surface area contributed by atoms with Crippen molar-refractivity contribution in [3.63, 3.8) is 0 Å². The van der Waals surface area contributed by atoms with E-state index in [0.29, 0.717) is 10.7 Å². The number of benzene rings is 2. The van der Waals surface area contributed by atoms with E-state index in [-0.39, 0.29) is 11.3 Å². The zero-order valence-corrected chi connectivity index (χ0v) is 12.4. The van der Waals surface area contributed by atoms with E-state index in [1.807, 2.05) is 0 Å². The molecule has 118 valence electrons. The van der Waals surface area contributed by atoms with Crippen molar-refractivity contribution in [3.8, 4) is 0 Å². The molecule has 0 saturated heterocycles. The maximum absolute atomic E-state index is 11.8. The largest absolute Gasteiger partial charge is 0.452 e. The quantitative estimate of drug-likeness (QED) is 0.514. The second kappa shape index (κ2) is 7.37. The molecule has 7 nitrogen and oxygen atoms in total. The minimum Gasteiger partial charge on any atom is -0.452 e. The molecule has 23 heavy (non-hydrogen) atoms. The van der Waals surface area contributed by atoms with Crippen LogP contribution in [0.25, 0.3) is 0 Å². The van der Waals surface area contributed by atoms with Gasteiger partial charge in [0.05, 0.1) is 4.92 Å². The Morgan fingerprint density at radius 3 is 2.43 bits per heavy atom. The van der Waals surface area contributed by atoms with Gasteiger partial charge >= 0.3 is 5.97 Å². The summed E-state index contributed by atoms with van der Waals surface area (Å²) < 4.78 is 4.80. The van der Waals surface area contributed by atoms with Crippen LogP contribution in [0.15, 0.2) is 48.5 Å². The molecule has 0 aliphatic carbocycles. The first kappa shape index (κ1) is 16.4. The number of nitro groups is 1. The molecule has 8 heteroatoms. The average Bonchev–Trinajstić information content (AvgIpc) is 2.54. The first-order valence-electron chi connectivity index (χ1n) is 6.43. The predicted molar refractivity (Wildman–Crippen MR) is 83.5 cm³/mol. The molecule has 0 radical (unpaired) electrons. The number of nitro benzene ring substituents is 1. The number of nitrogens with zero attached hydrogens (tertiary/aromatic N) is 1. The van der Waals surface area contributed by atoms with E-state index in [0.717, 1.165) is 0 Å². The first-order valence-corrected chi connectivity index (χ1v) is 6.81. The predicted octanol–water partition coefficient (Wildman–Crippen LogP) is 3.04. The number of nitrogens with one attached hydrogen (secondary N) is 1. The van der Waals surface area contributed by atoms with Crippen LogP contribution in [0.2, 0.25) is 5.02 Å². The summed E-state index contributed by atoms with van der Waals surface area (Å²) in [5.41, 5.74) is -0.103. The number of hydrogen-bond acceptors (Lipinski definition) is 5. The minimum atomic E-state index is -0.941. The number of anilines is 1. The van der Waals surface area contributed by atoms with E-state index in [1.54, 1.807) is 24.3 Å². The van der Waals surface area contributed by atoms with Gasteiger partial charge in [-0.2, -0.15) is 0 Å². The standard InChI is InChI=1S/C15H11ClN2O5/c16-10-5-7-11(8-6-10)17-14(19)9-23-15(20)12-3-1-2-4-13(12)18(21)22/h1-8H,9H2,(H,17,19). The highest BCUT2D eigenvalue weighted by Crippen LogP contribution is 2.18. The minimum absolute atomic E-state index is 0.211. The number of carbonyl (C=O) groups excluding carboxylic acids is 2. The molecule has 0 aromatic heterocycles. The van der Waals surface area contributed by atoms with Crippen LogP contribution in [-0.2, 0) is 9.53 Å². The number of carbonyl (C=O) groups is 2. The molecular weight excluding hydrogens is 324 g/mol. The lowest BCUT2D eigenvalue weighted by atomic mass is 10.2. The van der Waals surface area contributed by atoms with E-state index in [4.69, 9.17) is 16.3 Å². The van der Waals surface area contributed by atoms with E-state index < -0.39 is 23.4 Å². The fourth-order valence-electron chi connectivity index (χ4n) is 1.74. The molecule has 2 rings (SSSR count). The molecule has 0 aliphatic rings. The van der Waals surface area contributed by atoms with Crippen LogP contribution in [0, 0.1) is 10.1 Å². The van der Waals surface area contributed by atoms with Gasteiger partial charge in [0.15, 0.2) is 6.61 Å². The second-order valence-corrected chi connectivity index (χ2v) is 4.84. The number of hydrogen-bond donors (Lipinski definition) is 1. The molecule has 1 amide bonds. The number of esters is 1. The Morgan fingerprint density at radius 1 is 1.13 bits per heavy atom. The molecule has 1 N–H and O–H groups in total. The molecule has 0 bridgehead atoms. The number of rotatable bonds is 5. The van der Waals surface area contributed by atoms with E-state index >= 15 is 0 Å². The fraction of sp³-hybridized carbons (Fsp3) is 0.0667. The van der Waals surface area contributed by atoms with Gasteiger partial charge in [-0.15, -0.1) is 0 Å². The van der Waals surface area contributed by atoms with Crippen molar-refractivity contribution >= 4 is 34.9 Å². The summed E-state index contributed by atoms with van der Waals surface area (Å²) in [7, 11) is 0. The zero-order chi connectivity index (χ0) is 16.8. The summed E-state index contributed by atoms with van der Waals surface area (Å²) in [6.45, 7) is -0.562. The number of ether oxygens (including phenoxy) is 1. The molecule has 0 aliphatic heterocycles. The third-order valence-electron chi connectivity index (χ3n) is 2.78. The highest BCUT2D eigenvalue weighted by atomic mass is 35.5. The third-order valence-corrected chi connectivity index (χ3v) is 3.03. The van der Waals surface area contributed by atoms with Crippen molar-refractivity contribution in [2.45, 2.75) is 0 Å². The van der Waals surface area contributed by atoms with Crippen LogP contribution in [0.5, 0.6) is 0 Å². The zero-order valence-electron chi connectivity index (χ0n) is 11.7. The topological polar surface area (TPSA) is 98.5 Å². The van der Waals surface area contributed by atoms with Crippen LogP contribution in [0.4, 0.5) is 11.4 Å².